The van der Waals surface area contributed by atoms with Crippen LogP contribution in [0.25, 0.3) is 0 Å². The summed E-state index contributed by atoms with van der Waals surface area (Å²) in [7, 11) is 0. The molecule has 0 fully saturated rings. The van der Waals surface area contributed by atoms with E-state index in [4.69, 9.17) is 9.47 Å². The Morgan fingerprint density at radius 3 is 2.68 bits per heavy atom. The molecule has 0 aromatic heterocycles. The Labute approximate surface area is 153 Å². The van der Waals surface area contributed by atoms with E-state index in [-0.39, 0.29) is 18.9 Å². The average Bonchev–Trinajstić information content (AvgIpc) is 2.64. The number of ether oxygens (including phenoxy) is 2. The Morgan fingerprint density at radius 1 is 1.08 bits per heavy atom. The van der Waals surface area contributed by atoms with Crippen LogP contribution in [0.1, 0.15) is 12.0 Å². The van der Waals surface area contributed by atoms with E-state index in [1.165, 1.54) is 0 Å². The summed E-state index contributed by atoms with van der Waals surface area (Å²) in [6, 6.07) is 14.9. The fourth-order valence-electron chi connectivity index (χ4n) is 2.37. The van der Waals surface area contributed by atoms with Crippen molar-refractivity contribution in [3.63, 3.8) is 0 Å². The van der Waals surface area contributed by atoms with Crippen molar-refractivity contribution < 1.29 is 19.1 Å². The summed E-state index contributed by atoms with van der Waals surface area (Å²) in [6.45, 7) is 0.0940. The van der Waals surface area contributed by atoms with E-state index >= 15 is 0 Å². The lowest BCUT2D eigenvalue weighted by molar-refractivity contribution is -0.135. The summed E-state index contributed by atoms with van der Waals surface area (Å²) in [6.07, 6.45) is 0.0411. The van der Waals surface area contributed by atoms with Crippen LogP contribution in [-0.2, 0) is 16.0 Å². The van der Waals surface area contributed by atoms with Gasteiger partial charge in [0, 0.05) is 10.9 Å². The smallest absolute Gasteiger partial charge is 0.283 e. The van der Waals surface area contributed by atoms with E-state index in [0.29, 0.717) is 17.9 Å². The van der Waals surface area contributed by atoms with Crippen molar-refractivity contribution in [3.8, 4) is 11.5 Å². The van der Waals surface area contributed by atoms with E-state index in [1.807, 2.05) is 30.3 Å². The van der Waals surface area contributed by atoms with Gasteiger partial charge in [0.15, 0.2) is 11.5 Å². The molecule has 7 heteroatoms. The van der Waals surface area contributed by atoms with Crippen molar-refractivity contribution in [2.24, 2.45) is 0 Å². The second-order valence-corrected chi connectivity index (χ2v) is 6.45. The van der Waals surface area contributed by atoms with E-state index in [0.717, 1.165) is 10.0 Å². The molecule has 2 N–H and O–H groups in total. The fourth-order valence-corrected chi connectivity index (χ4v) is 2.82. The third-order valence-corrected chi connectivity index (χ3v) is 4.15. The molecule has 0 bridgehead atoms. The van der Waals surface area contributed by atoms with E-state index < -0.39 is 12.0 Å². The molecule has 0 aliphatic carbocycles. The number of halogens is 1. The minimum atomic E-state index is -0.805. The van der Waals surface area contributed by atoms with Crippen molar-refractivity contribution in [2.45, 2.75) is 18.9 Å². The molecule has 1 aliphatic heterocycles. The van der Waals surface area contributed by atoms with Crippen LogP contribution in [0, 0.1) is 0 Å². The Bertz CT molecular complexity index is 781. The lowest BCUT2D eigenvalue weighted by Crippen LogP contribution is -2.50. The molecule has 0 radical (unpaired) electrons. The zero-order valence-corrected chi connectivity index (χ0v) is 14.9. The molecule has 0 spiro atoms. The molecule has 1 atom stereocenters. The lowest BCUT2D eigenvalue weighted by atomic mass is 10.1. The van der Waals surface area contributed by atoms with Gasteiger partial charge in [-0.2, -0.15) is 0 Å². The molecule has 130 valence electrons. The van der Waals surface area contributed by atoms with Gasteiger partial charge in [-0.3, -0.25) is 20.4 Å². The maximum atomic E-state index is 12.1. The standard InChI is InChI=1S/C18H17BrN2O4/c19-13-5-3-4-12(10-13)8-9-17(22)20-21-18(23)16-11-24-14-6-1-2-7-15(14)25-16/h1-7,10,16H,8-9,11H2,(H,20,22)(H,21,23). The highest BCUT2D eigenvalue weighted by Gasteiger charge is 2.27. The molecule has 2 aromatic carbocycles. The summed E-state index contributed by atoms with van der Waals surface area (Å²) >= 11 is 3.39. The number of benzene rings is 2. The van der Waals surface area contributed by atoms with Gasteiger partial charge in [-0.05, 0) is 36.2 Å². The van der Waals surface area contributed by atoms with Gasteiger partial charge in [0.05, 0.1) is 0 Å². The van der Waals surface area contributed by atoms with Gasteiger partial charge in [-0.15, -0.1) is 0 Å². The molecule has 1 aliphatic rings. The molecule has 6 nitrogen and oxygen atoms in total. The zero-order valence-electron chi connectivity index (χ0n) is 13.3. The summed E-state index contributed by atoms with van der Waals surface area (Å²) in [5.74, 6) is 0.384. The Hall–Kier alpha value is -2.54. The van der Waals surface area contributed by atoms with Gasteiger partial charge in [0.2, 0.25) is 12.0 Å². The van der Waals surface area contributed by atoms with E-state index in [2.05, 4.69) is 26.8 Å². The predicted molar refractivity (Wildman–Crippen MR) is 95.1 cm³/mol. The number of carbonyl (C=O) groups excluding carboxylic acids is 2. The first-order valence-electron chi connectivity index (χ1n) is 7.83. The number of nitrogens with one attached hydrogen (secondary N) is 2. The van der Waals surface area contributed by atoms with Crippen molar-refractivity contribution in [1.29, 1.82) is 0 Å². The topological polar surface area (TPSA) is 76.7 Å². The van der Waals surface area contributed by atoms with Gasteiger partial charge in [0.25, 0.3) is 5.91 Å². The first-order valence-corrected chi connectivity index (χ1v) is 8.63. The highest BCUT2D eigenvalue weighted by atomic mass is 79.9. The average molecular weight is 405 g/mol. The van der Waals surface area contributed by atoms with E-state index in [1.54, 1.807) is 18.2 Å². The van der Waals surface area contributed by atoms with Gasteiger partial charge in [-0.25, -0.2) is 0 Å². The van der Waals surface area contributed by atoms with Crippen LogP contribution < -0.4 is 20.3 Å². The number of para-hydroxylation sites is 2. The number of carbonyl (C=O) groups is 2. The maximum Gasteiger partial charge on any atom is 0.283 e. The SMILES string of the molecule is O=C(CCc1cccc(Br)c1)NNC(=O)C1COc2ccccc2O1. The summed E-state index contributed by atoms with van der Waals surface area (Å²) in [5.41, 5.74) is 5.82. The number of hydrazine groups is 1. The summed E-state index contributed by atoms with van der Waals surface area (Å²) in [5, 5.41) is 0. The molecule has 25 heavy (non-hydrogen) atoms. The molecule has 2 aromatic rings. The van der Waals surface area contributed by atoms with E-state index in [9.17, 15) is 9.59 Å². The van der Waals surface area contributed by atoms with Crippen LogP contribution in [-0.4, -0.2) is 24.5 Å². The highest BCUT2D eigenvalue weighted by Crippen LogP contribution is 2.30. The van der Waals surface area contributed by atoms with Crippen LogP contribution in [0.4, 0.5) is 0 Å². The summed E-state index contributed by atoms with van der Waals surface area (Å²) < 4.78 is 12.0. The maximum absolute atomic E-state index is 12.1. The molecule has 0 saturated carbocycles. The minimum absolute atomic E-state index is 0.0940. The van der Waals surface area contributed by atoms with Crippen LogP contribution in [0.15, 0.2) is 53.0 Å². The lowest BCUT2D eigenvalue weighted by Gasteiger charge is -2.25. The van der Waals surface area contributed by atoms with Crippen molar-refractivity contribution in [1.82, 2.24) is 10.9 Å². The van der Waals surface area contributed by atoms with Crippen molar-refractivity contribution in [3.05, 3.63) is 58.6 Å². The quantitative estimate of drug-likeness (QED) is 0.766. The molecular weight excluding hydrogens is 388 g/mol. The fraction of sp³-hybridized carbons (Fsp3) is 0.222. The van der Waals surface area contributed by atoms with Gasteiger partial charge >= 0.3 is 0 Å². The number of hydrogen-bond donors (Lipinski definition) is 2. The Balaban J connectivity index is 1.44. The number of aryl methyl sites for hydroxylation is 1. The molecule has 1 unspecified atom stereocenters. The summed E-state index contributed by atoms with van der Waals surface area (Å²) in [4.78, 5) is 24.0. The van der Waals surface area contributed by atoms with Gasteiger partial charge in [0.1, 0.15) is 6.61 Å². The molecular formula is C18H17BrN2O4. The van der Waals surface area contributed by atoms with Crippen LogP contribution in [0.5, 0.6) is 11.5 Å². The zero-order chi connectivity index (χ0) is 17.6. The van der Waals surface area contributed by atoms with Crippen LogP contribution >= 0.6 is 15.9 Å². The normalized spacial score (nSPS) is 15.3. The van der Waals surface area contributed by atoms with Crippen molar-refractivity contribution in [2.75, 3.05) is 6.61 Å². The third kappa shape index (κ3) is 4.73. The first kappa shape index (κ1) is 17.3. The van der Waals surface area contributed by atoms with Crippen LogP contribution in [0.2, 0.25) is 0 Å². The Kier molecular flexibility index (Phi) is 5.55. The largest absolute Gasteiger partial charge is 0.485 e. The second kappa shape index (κ2) is 8.02. The minimum Gasteiger partial charge on any atom is -0.485 e. The first-order chi connectivity index (χ1) is 12.1. The number of fused-ring (bicyclic) bond motifs is 1. The van der Waals surface area contributed by atoms with Crippen molar-refractivity contribution >= 4 is 27.7 Å². The van der Waals surface area contributed by atoms with Gasteiger partial charge < -0.3 is 9.47 Å². The Morgan fingerprint density at radius 2 is 1.88 bits per heavy atom. The highest BCUT2D eigenvalue weighted by molar-refractivity contribution is 9.10. The monoisotopic (exact) mass is 404 g/mol. The molecule has 2 amide bonds. The molecule has 0 saturated heterocycles. The molecule has 3 rings (SSSR count). The number of rotatable bonds is 4. The predicted octanol–water partition coefficient (Wildman–Crippen LogP) is 2.37. The number of amides is 2. The molecule has 1 heterocycles. The third-order valence-electron chi connectivity index (χ3n) is 3.66. The van der Waals surface area contributed by atoms with Gasteiger partial charge in [-0.1, -0.05) is 40.2 Å². The second-order valence-electron chi connectivity index (χ2n) is 5.53. The van der Waals surface area contributed by atoms with Crippen LogP contribution in [0.3, 0.4) is 0 Å². The number of hydrogen-bond acceptors (Lipinski definition) is 4.